The number of benzene rings is 2. The van der Waals surface area contributed by atoms with Crippen LogP contribution in [0.25, 0.3) is 5.69 Å². The van der Waals surface area contributed by atoms with Crippen LogP contribution >= 0.6 is 0 Å². The van der Waals surface area contributed by atoms with Crippen LogP contribution in [0.15, 0.2) is 59.4 Å². The fourth-order valence-electron chi connectivity index (χ4n) is 3.55. The molecule has 3 amide bonds. The molecule has 1 N–H and O–H groups in total. The van der Waals surface area contributed by atoms with E-state index in [1.807, 2.05) is 18.2 Å². The van der Waals surface area contributed by atoms with E-state index < -0.39 is 5.91 Å². The van der Waals surface area contributed by atoms with Gasteiger partial charge in [-0.1, -0.05) is 24.3 Å². The summed E-state index contributed by atoms with van der Waals surface area (Å²) in [6.45, 7) is 1.74. The number of para-hydroxylation sites is 1. The molecule has 30 heavy (non-hydrogen) atoms. The lowest BCUT2D eigenvalue weighted by molar-refractivity contribution is -0.121. The number of aromatic nitrogens is 2. The van der Waals surface area contributed by atoms with E-state index in [1.165, 1.54) is 10.7 Å². The summed E-state index contributed by atoms with van der Waals surface area (Å²) in [5.74, 6) is -1.08. The van der Waals surface area contributed by atoms with Crippen molar-refractivity contribution in [2.24, 2.45) is 7.05 Å². The summed E-state index contributed by atoms with van der Waals surface area (Å²) in [4.78, 5) is 50.9. The topological polar surface area (TPSA) is 93.4 Å². The van der Waals surface area contributed by atoms with Gasteiger partial charge in [0.2, 0.25) is 11.8 Å². The Kier molecular flexibility index (Phi) is 4.83. The van der Waals surface area contributed by atoms with Gasteiger partial charge in [-0.25, -0.2) is 4.68 Å². The minimum atomic E-state index is -0.498. The van der Waals surface area contributed by atoms with Gasteiger partial charge in [-0.05, 0) is 37.3 Å². The lowest BCUT2D eigenvalue weighted by Crippen LogP contribution is -2.29. The molecule has 8 nitrogen and oxygen atoms in total. The maximum atomic E-state index is 13.0. The van der Waals surface area contributed by atoms with Gasteiger partial charge < -0.3 is 5.32 Å². The highest BCUT2D eigenvalue weighted by atomic mass is 16.2. The van der Waals surface area contributed by atoms with Crippen LogP contribution in [0, 0.1) is 6.92 Å². The Balaban J connectivity index is 1.66. The molecule has 3 aromatic rings. The molecule has 1 fully saturated rings. The Morgan fingerprint density at radius 3 is 2.20 bits per heavy atom. The van der Waals surface area contributed by atoms with E-state index in [-0.39, 0.29) is 41.5 Å². The molecule has 0 bridgehead atoms. The first-order valence-electron chi connectivity index (χ1n) is 9.49. The van der Waals surface area contributed by atoms with Crippen molar-refractivity contribution in [3.05, 3.63) is 76.2 Å². The van der Waals surface area contributed by atoms with Crippen LogP contribution in [0.3, 0.4) is 0 Å². The SMILES string of the molecule is Cc1c(NC(=O)c2cccc(N3C(=O)CCC3=O)c2)c(=O)n(-c2ccccc2)n1C. The predicted octanol–water partition coefficient (Wildman–Crippen LogP) is 2.39. The molecule has 0 radical (unpaired) electrons. The average molecular weight is 404 g/mol. The number of hydrogen-bond acceptors (Lipinski definition) is 4. The zero-order chi connectivity index (χ0) is 21.4. The van der Waals surface area contributed by atoms with Crippen molar-refractivity contribution in [2.75, 3.05) is 10.2 Å². The highest BCUT2D eigenvalue weighted by molar-refractivity contribution is 6.20. The fraction of sp³-hybridized carbons (Fsp3) is 0.182. The minimum Gasteiger partial charge on any atom is -0.316 e. The van der Waals surface area contributed by atoms with Gasteiger partial charge in [-0.15, -0.1) is 0 Å². The van der Waals surface area contributed by atoms with Crippen LogP contribution in [0.2, 0.25) is 0 Å². The van der Waals surface area contributed by atoms with Gasteiger partial charge in [-0.3, -0.25) is 28.8 Å². The van der Waals surface area contributed by atoms with Crippen molar-refractivity contribution < 1.29 is 14.4 Å². The Hall–Kier alpha value is -3.94. The standard InChI is InChI=1S/C22H20N4O4/c1-14-20(22(30)26(24(14)2)16-8-4-3-5-9-16)23-21(29)15-7-6-10-17(13-15)25-18(27)11-12-19(25)28/h3-10,13H,11-12H2,1-2H3,(H,23,29). The minimum absolute atomic E-state index is 0.164. The van der Waals surface area contributed by atoms with Crippen molar-refractivity contribution in [3.63, 3.8) is 0 Å². The summed E-state index contributed by atoms with van der Waals surface area (Å²) in [6, 6.07) is 15.4. The second-order valence-corrected chi connectivity index (χ2v) is 7.06. The second-order valence-electron chi connectivity index (χ2n) is 7.06. The smallest absolute Gasteiger partial charge is 0.295 e. The number of amides is 3. The van der Waals surface area contributed by atoms with E-state index >= 15 is 0 Å². The number of nitrogens with one attached hydrogen (secondary N) is 1. The van der Waals surface area contributed by atoms with Crippen molar-refractivity contribution >= 4 is 29.1 Å². The van der Waals surface area contributed by atoms with Gasteiger partial charge in [0.15, 0.2) is 0 Å². The van der Waals surface area contributed by atoms with Gasteiger partial charge >= 0.3 is 0 Å². The Bertz CT molecular complexity index is 1210. The van der Waals surface area contributed by atoms with Gasteiger partial charge in [0.05, 0.1) is 17.1 Å². The third-order valence-corrected chi connectivity index (χ3v) is 5.21. The van der Waals surface area contributed by atoms with E-state index in [0.29, 0.717) is 17.1 Å². The Morgan fingerprint density at radius 2 is 1.53 bits per heavy atom. The first-order chi connectivity index (χ1) is 14.4. The van der Waals surface area contributed by atoms with Crippen LogP contribution in [-0.4, -0.2) is 27.1 Å². The quantitative estimate of drug-likeness (QED) is 0.676. The first kappa shape index (κ1) is 19.4. The number of imide groups is 1. The number of nitrogens with zero attached hydrogens (tertiary/aromatic N) is 3. The van der Waals surface area contributed by atoms with Crippen LogP contribution in [0.4, 0.5) is 11.4 Å². The molecule has 2 heterocycles. The molecule has 0 saturated carbocycles. The van der Waals surface area contributed by atoms with Crippen molar-refractivity contribution in [2.45, 2.75) is 19.8 Å². The molecule has 0 spiro atoms. The summed E-state index contributed by atoms with van der Waals surface area (Å²) < 4.78 is 3.15. The summed E-state index contributed by atoms with van der Waals surface area (Å²) in [5, 5.41) is 2.68. The van der Waals surface area contributed by atoms with Crippen molar-refractivity contribution in [1.82, 2.24) is 9.36 Å². The monoisotopic (exact) mass is 404 g/mol. The van der Waals surface area contributed by atoms with Crippen LogP contribution in [0.1, 0.15) is 28.9 Å². The van der Waals surface area contributed by atoms with Crippen LogP contribution in [0.5, 0.6) is 0 Å². The van der Waals surface area contributed by atoms with Gasteiger partial charge in [0, 0.05) is 25.5 Å². The van der Waals surface area contributed by atoms with Crippen LogP contribution in [-0.2, 0) is 16.6 Å². The third-order valence-electron chi connectivity index (χ3n) is 5.21. The molecule has 0 atom stereocenters. The summed E-state index contributed by atoms with van der Waals surface area (Å²) in [5.41, 5.74) is 1.69. The number of carbonyl (C=O) groups is 3. The molecule has 2 aromatic carbocycles. The van der Waals surface area contributed by atoms with E-state index in [9.17, 15) is 19.2 Å². The molecule has 4 rings (SSSR count). The van der Waals surface area contributed by atoms with Gasteiger partial charge in [0.1, 0.15) is 5.69 Å². The van der Waals surface area contributed by atoms with E-state index in [0.717, 1.165) is 4.90 Å². The Labute approximate surface area is 172 Å². The molecule has 0 aliphatic carbocycles. The molecule has 1 aromatic heterocycles. The highest BCUT2D eigenvalue weighted by Gasteiger charge is 2.30. The summed E-state index contributed by atoms with van der Waals surface area (Å²) >= 11 is 0. The van der Waals surface area contributed by atoms with Gasteiger partial charge in [-0.2, -0.15) is 0 Å². The normalized spacial score (nSPS) is 13.7. The molecule has 1 aliphatic heterocycles. The van der Waals surface area contributed by atoms with E-state index in [1.54, 1.807) is 49.0 Å². The van der Waals surface area contributed by atoms with Crippen molar-refractivity contribution in [1.29, 1.82) is 0 Å². The number of hydrogen-bond donors (Lipinski definition) is 1. The Morgan fingerprint density at radius 1 is 0.900 bits per heavy atom. The zero-order valence-corrected chi connectivity index (χ0v) is 16.6. The lowest BCUT2D eigenvalue weighted by Gasteiger charge is -2.14. The zero-order valence-electron chi connectivity index (χ0n) is 16.6. The highest BCUT2D eigenvalue weighted by Crippen LogP contribution is 2.24. The molecule has 0 unspecified atom stereocenters. The fourth-order valence-corrected chi connectivity index (χ4v) is 3.55. The maximum absolute atomic E-state index is 13.0. The largest absolute Gasteiger partial charge is 0.316 e. The van der Waals surface area contributed by atoms with Crippen molar-refractivity contribution in [3.8, 4) is 5.69 Å². The second kappa shape index (κ2) is 7.47. The number of rotatable bonds is 4. The molecule has 152 valence electrons. The van der Waals surface area contributed by atoms with Crippen LogP contribution < -0.4 is 15.8 Å². The summed E-state index contributed by atoms with van der Waals surface area (Å²) in [7, 11) is 1.74. The molecular formula is C22H20N4O4. The van der Waals surface area contributed by atoms with E-state index in [2.05, 4.69) is 5.32 Å². The molecule has 8 heteroatoms. The number of anilines is 2. The van der Waals surface area contributed by atoms with Gasteiger partial charge in [0.25, 0.3) is 11.5 Å². The third kappa shape index (κ3) is 3.22. The molecule has 1 aliphatic rings. The molecular weight excluding hydrogens is 384 g/mol. The van der Waals surface area contributed by atoms with E-state index in [4.69, 9.17) is 0 Å². The number of carbonyl (C=O) groups excluding carboxylic acids is 3. The lowest BCUT2D eigenvalue weighted by atomic mass is 10.1. The maximum Gasteiger partial charge on any atom is 0.295 e. The first-order valence-corrected chi connectivity index (χ1v) is 9.49. The summed E-state index contributed by atoms with van der Waals surface area (Å²) in [6.07, 6.45) is 0.328. The molecule has 1 saturated heterocycles. The average Bonchev–Trinajstić information content (AvgIpc) is 3.19. The predicted molar refractivity (Wildman–Crippen MR) is 112 cm³/mol.